The van der Waals surface area contributed by atoms with Crippen LogP contribution in [0.25, 0.3) is 0 Å². The van der Waals surface area contributed by atoms with E-state index < -0.39 is 0 Å². The molecule has 2 aromatic carbocycles. The van der Waals surface area contributed by atoms with Crippen molar-refractivity contribution in [3.63, 3.8) is 0 Å². The van der Waals surface area contributed by atoms with Gasteiger partial charge >= 0.3 is 0 Å². The molecule has 0 fully saturated rings. The Kier molecular flexibility index (Phi) is 4.90. The van der Waals surface area contributed by atoms with Crippen molar-refractivity contribution < 1.29 is 9.60 Å². The lowest BCUT2D eigenvalue weighted by molar-refractivity contribution is 0.318. The quantitative estimate of drug-likeness (QED) is 0.384. The maximum Gasteiger partial charge on any atom is 0.170 e. The minimum Gasteiger partial charge on any atom is -0.409 e. The second-order valence-electron chi connectivity index (χ2n) is 4.98. The lowest BCUT2D eigenvalue weighted by Gasteiger charge is -2.17. The predicted molar refractivity (Wildman–Crippen MR) is 80.5 cm³/mol. The average molecular weight is 287 g/mol. The third-order valence-electron chi connectivity index (χ3n) is 3.15. The summed E-state index contributed by atoms with van der Waals surface area (Å²) in [7, 11) is 1.99. The zero-order valence-electron chi connectivity index (χ0n) is 11.8. The fourth-order valence-electron chi connectivity index (χ4n) is 2.16. The van der Waals surface area contributed by atoms with E-state index in [9.17, 15) is 4.39 Å². The van der Waals surface area contributed by atoms with Crippen molar-refractivity contribution in [3.05, 3.63) is 71.0 Å². The molecule has 0 bridgehead atoms. The van der Waals surface area contributed by atoms with Gasteiger partial charge in [-0.05, 0) is 36.4 Å². The van der Waals surface area contributed by atoms with Gasteiger partial charge in [-0.15, -0.1) is 0 Å². The molecule has 2 aromatic rings. The molecule has 21 heavy (non-hydrogen) atoms. The second-order valence-corrected chi connectivity index (χ2v) is 4.98. The molecular weight excluding hydrogens is 269 g/mol. The van der Waals surface area contributed by atoms with E-state index in [0.717, 1.165) is 11.1 Å². The number of amidine groups is 1. The van der Waals surface area contributed by atoms with Gasteiger partial charge in [0.25, 0.3) is 0 Å². The van der Waals surface area contributed by atoms with Crippen LogP contribution in [0.1, 0.15) is 16.7 Å². The molecule has 0 heterocycles. The summed E-state index contributed by atoms with van der Waals surface area (Å²) in [5.41, 5.74) is 8.37. The Morgan fingerprint density at radius 2 is 1.81 bits per heavy atom. The maximum absolute atomic E-state index is 12.9. The van der Waals surface area contributed by atoms with Crippen LogP contribution in [0.2, 0.25) is 0 Å². The van der Waals surface area contributed by atoms with E-state index in [-0.39, 0.29) is 11.7 Å². The van der Waals surface area contributed by atoms with Gasteiger partial charge in [0.1, 0.15) is 5.82 Å². The Hall–Kier alpha value is -2.40. The smallest absolute Gasteiger partial charge is 0.170 e. The van der Waals surface area contributed by atoms with Gasteiger partial charge in [0.05, 0.1) is 0 Å². The van der Waals surface area contributed by atoms with Gasteiger partial charge in [-0.25, -0.2) is 4.39 Å². The third-order valence-corrected chi connectivity index (χ3v) is 3.15. The number of halogens is 1. The molecule has 0 aliphatic carbocycles. The van der Waals surface area contributed by atoms with Crippen molar-refractivity contribution in [1.29, 1.82) is 0 Å². The minimum absolute atomic E-state index is 0.0954. The van der Waals surface area contributed by atoms with E-state index in [4.69, 9.17) is 10.9 Å². The van der Waals surface area contributed by atoms with Crippen LogP contribution in [-0.2, 0) is 13.1 Å². The van der Waals surface area contributed by atoms with E-state index in [2.05, 4.69) is 10.1 Å². The Morgan fingerprint density at radius 3 is 2.48 bits per heavy atom. The first-order valence-corrected chi connectivity index (χ1v) is 6.58. The monoisotopic (exact) mass is 287 g/mol. The maximum atomic E-state index is 12.9. The van der Waals surface area contributed by atoms with E-state index in [1.54, 1.807) is 18.2 Å². The number of nitrogens with two attached hydrogens (primary N) is 1. The van der Waals surface area contributed by atoms with Crippen LogP contribution in [0.3, 0.4) is 0 Å². The summed E-state index contributed by atoms with van der Waals surface area (Å²) < 4.78 is 12.9. The number of nitrogens with zero attached hydrogens (tertiary/aromatic N) is 2. The van der Waals surface area contributed by atoms with Crippen LogP contribution >= 0.6 is 0 Å². The van der Waals surface area contributed by atoms with Gasteiger partial charge in [0, 0.05) is 18.7 Å². The molecule has 2 rings (SSSR count). The first kappa shape index (κ1) is 15.0. The van der Waals surface area contributed by atoms with Gasteiger partial charge < -0.3 is 10.9 Å². The van der Waals surface area contributed by atoms with E-state index in [1.807, 2.05) is 25.2 Å². The summed E-state index contributed by atoms with van der Waals surface area (Å²) in [4.78, 5) is 2.11. The van der Waals surface area contributed by atoms with Crippen molar-refractivity contribution in [2.75, 3.05) is 7.05 Å². The van der Waals surface area contributed by atoms with Crippen LogP contribution in [0.15, 0.2) is 53.7 Å². The fourth-order valence-corrected chi connectivity index (χ4v) is 2.16. The number of rotatable bonds is 5. The second kappa shape index (κ2) is 6.85. The van der Waals surface area contributed by atoms with Crippen LogP contribution in [-0.4, -0.2) is 23.0 Å². The van der Waals surface area contributed by atoms with Crippen LogP contribution < -0.4 is 5.73 Å². The summed E-state index contributed by atoms with van der Waals surface area (Å²) in [5, 5.41) is 11.7. The molecule has 0 aliphatic rings. The highest BCUT2D eigenvalue weighted by atomic mass is 19.1. The summed E-state index contributed by atoms with van der Waals surface area (Å²) in [6.07, 6.45) is 0. The van der Waals surface area contributed by atoms with Crippen LogP contribution in [0.4, 0.5) is 4.39 Å². The Labute approximate surface area is 123 Å². The number of benzene rings is 2. The van der Waals surface area contributed by atoms with Crippen LogP contribution in [0, 0.1) is 5.82 Å². The summed E-state index contributed by atoms with van der Waals surface area (Å²) in [6.45, 7) is 1.43. The molecule has 0 spiro atoms. The highest BCUT2D eigenvalue weighted by Gasteiger charge is 2.05. The van der Waals surface area contributed by atoms with Gasteiger partial charge in [0.15, 0.2) is 5.84 Å². The normalized spacial score (nSPS) is 11.9. The molecule has 0 radical (unpaired) electrons. The standard InChI is InChI=1S/C16H18FN3O/c1-20(10-12-5-7-15(17)8-6-12)11-13-3-2-4-14(9-13)16(18)19-21/h2-9,21H,10-11H2,1H3,(H2,18,19). The van der Waals surface area contributed by atoms with Crippen molar-refractivity contribution in [1.82, 2.24) is 4.90 Å². The van der Waals surface area contributed by atoms with E-state index in [1.165, 1.54) is 12.1 Å². The van der Waals surface area contributed by atoms with Gasteiger partial charge in [-0.2, -0.15) is 0 Å². The average Bonchev–Trinajstić information content (AvgIpc) is 2.49. The molecule has 0 saturated carbocycles. The molecular formula is C16H18FN3O. The van der Waals surface area contributed by atoms with E-state index in [0.29, 0.717) is 18.7 Å². The molecule has 5 heteroatoms. The first-order chi connectivity index (χ1) is 10.1. The SMILES string of the molecule is CN(Cc1ccc(F)cc1)Cc1cccc(C(N)=NO)c1. The Balaban J connectivity index is 2.02. The fraction of sp³-hybridized carbons (Fsp3) is 0.188. The summed E-state index contributed by atoms with van der Waals surface area (Å²) in [6, 6.07) is 14.0. The third kappa shape index (κ3) is 4.29. The molecule has 0 aliphatic heterocycles. The first-order valence-electron chi connectivity index (χ1n) is 6.58. The van der Waals surface area contributed by atoms with Crippen molar-refractivity contribution in [3.8, 4) is 0 Å². The zero-order chi connectivity index (χ0) is 15.2. The molecule has 0 atom stereocenters. The molecule has 110 valence electrons. The lowest BCUT2D eigenvalue weighted by atomic mass is 10.1. The van der Waals surface area contributed by atoms with Gasteiger partial charge in [-0.1, -0.05) is 35.5 Å². The van der Waals surface area contributed by atoms with Crippen molar-refractivity contribution in [2.45, 2.75) is 13.1 Å². The Bertz CT molecular complexity index is 626. The summed E-state index contributed by atoms with van der Waals surface area (Å²) >= 11 is 0. The summed E-state index contributed by atoms with van der Waals surface area (Å²) in [5.74, 6) is -0.133. The minimum atomic E-state index is -0.229. The topological polar surface area (TPSA) is 61.8 Å². The lowest BCUT2D eigenvalue weighted by Crippen LogP contribution is -2.18. The largest absolute Gasteiger partial charge is 0.409 e. The van der Waals surface area contributed by atoms with Gasteiger partial charge in [-0.3, -0.25) is 4.90 Å². The highest BCUT2D eigenvalue weighted by molar-refractivity contribution is 5.97. The predicted octanol–water partition coefficient (Wildman–Crippen LogP) is 2.55. The molecule has 0 aromatic heterocycles. The molecule has 4 nitrogen and oxygen atoms in total. The number of hydrogen-bond acceptors (Lipinski definition) is 3. The number of hydrogen-bond donors (Lipinski definition) is 2. The zero-order valence-corrected chi connectivity index (χ0v) is 11.8. The van der Waals surface area contributed by atoms with Crippen LogP contribution in [0.5, 0.6) is 0 Å². The Morgan fingerprint density at radius 1 is 1.14 bits per heavy atom. The number of oxime groups is 1. The van der Waals surface area contributed by atoms with Gasteiger partial charge in [0.2, 0.25) is 0 Å². The van der Waals surface area contributed by atoms with Crippen molar-refractivity contribution >= 4 is 5.84 Å². The molecule has 0 amide bonds. The highest BCUT2D eigenvalue weighted by Crippen LogP contribution is 2.11. The molecule has 3 N–H and O–H groups in total. The molecule has 0 saturated heterocycles. The van der Waals surface area contributed by atoms with Crippen molar-refractivity contribution in [2.24, 2.45) is 10.9 Å². The molecule has 0 unspecified atom stereocenters. The van der Waals surface area contributed by atoms with E-state index >= 15 is 0 Å².